The van der Waals surface area contributed by atoms with Gasteiger partial charge in [-0.05, 0) is 124 Å². The van der Waals surface area contributed by atoms with Crippen molar-refractivity contribution in [2.75, 3.05) is 0 Å². The lowest BCUT2D eigenvalue weighted by atomic mass is 9.80. The van der Waals surface area contributed by atoms with Crippen LogP contribution < -0.4 is 0 Å². The van der Waals surface area contributed by atoms with Crippen molar-refractivity contribution in [1.82, 2.24) is 0 Å². The molecule has 0 aliphatic heterocycles. The van der Waals surface area contributed by atoms with Crippen molar-refractivity contribution in [3.63, 3.8) is 0 Å². The first-order valence-corrected chi connectivity index (χ1v) is 19.6. The van der Waals surface area contributed by atoms with Crippen molar-refractivity contribution < 1.29 is 4.42 Å². The van der Waals surface area contributed by atoms with E-state index >= 15 is 0 Å². The molecule has 0 N–H and O–H groups in total. The maximum Gasteiger partial charge on any atom is 0.143 e. The number of benzene rings is 10. The molecule has 0 unspecified atom stereocenters. The van der Waals surface area contributed by atoms with Gasteiger partial charge in [-0.3, -0.25) is 0 Å². The molecule has 1 aliphatic carbocycles. The number of fused-ring (bicyclic) bond motifs is 11. The van der Waals surface area contributed by atoms with E-state index < -0.39 is 0 Å². The summed E-state index contributed by atoms with van der Waals surface area (Å²) in [5, 5.41) is 12.3. The van der Waals surface area contributed by atoms with Crippen LogP contribution in [0, 0.1) is 0 Å². The Morgan fingerprint density at radius 3 is 1.54 bits per heavy atom. The number of furan rings is 1. The second kappa shape index (κ2) is 11.5. The van der Waals surface area contributed by atoms with E-state index in [0.717, 1.165) is 27.3 Å². The van der Waals surface area contributed by atoms with Gasteiger partial charge in [0.15, 0.2) is 0 Å². The topological polar surface area (TPSA) is 13.1 Å². The third kappa shape index (κ3) is 4.37. The van der Waals surface area contributed by atoms with Crippen LogP contribution in [0.3, 0.4) is 0 Å². The summed E-state index contributed by atoms with van der Waals surface area (Å²) in [6.45, 7) is 4.78. The normalized spacial score (nSPS) is 13.3. The fraction of sp³-hybridized carbons (Fsp3) is 0.0545. The molecule has 1 nitrogen and oxygen atoms in total. The van der Waals surface area contributed by atoms with Crippen LogP contribution in [-0.2, 0) is 5.41 Å². The molecule has 0 saturated heterocycles. The predicted molar refractivity (Wildman–Crippen MR) is 238 cm³/mol. The van der Waals surface area contributed by atoms with E-state index in [1.165, 1.54) is 93.3 Å². The highest BCUT2D eigenvalue weighted by atomic mass is 16.3. The smallest absolute Gasteiger partial charge is 0.143 e. The molecule has 262 valence electrons. The van der Waals surface area contributed by atoms with Crippen molar-refractivity contribution in [3.8, 4) is 44.5 Å². The van der Waals surface area contributed by atoms with Gasteiger partial charge < -0.3 is 4.42 Å². The fourth-order valence-corrected chi connectivity index (χ4v) is 9.93. The van der Waals surface area contributed by atoms with Crippen molar-refractivity contribution in [3.05, 3.63) is 193 Å². The lowest BCUT2D eigenvalue weighted by Crippen LogP contribution is -2.15. The Kier molecular flexibility index (Phi) is 6.46. The highest BCUT2D eigenvalue weighted by molar-refractivity contribution is 6.23. The Hall–Kier alpha value is -6.96. The van der Waals surface area contributed by atoms with E-state index in [0.29, 0.717) is 0 Å². The summed E-state index contributed by atoms with van der Waals surface area (Å²) < 4.78 is 6.58. The first-order valence-electron chi connectivity index (χ1n) is 19.6. The van der Waals surface area contributed by atoms with E-state index in [-0.39, 0.29) is 5.41 Å². The van der Waals surface area contributed by atoms with Gasteiger partial charge >= 0.3 is 0 Å². The monoisotopic (exact) mass is 712 g/mol. The predicted octanol–water partition coefficient (Wildman–Crippen LogP) is 15.5. The zero-order valence-electron chi connectivity index (χ0n) is 31.2. The maximum absolute atomic E-state index is 6.58. The zero-order valence-corrected chi connectivity index (χ0v) is 31.2. The van der Waals surface area contributed by atoms with Gasteiger partial charge in [0.25, 0.3) is 0 Å². The first-order chi connectivity index (χ1) is 27.5. The molecular weight excluding hydrogens is 677 g/mol. The maximum atomic E-state index is 6.58. The van der Waals surface area contributed by atoms with Crippen molar-refractivity contribution >= 4 is 65.0 Å². The summed E-state index contributed by atoms with van der Waals surface area (Å²) in [6.07, 6.45) is 0. The van der Waals surface area contributed by atoms with Gasteiger partial charge in [0.1, 0.15) is 11.2 Å². The lowest BCUT2D eigenvalue weighted by molar-refractivity contribution is 0.661. The Bertz CT molecular complexity index is 3390. The van der Waals surface area contributed by atoms with Gasteiger partial charge in [0, 0.05) is 21.6 Å². The van der Waals surface area contributed by atoms with Crippen LogP contribution in [0.1, 0.15) is 25.0 Å². The summed E-state index contributed by atoms with van der Waals surface area (Å²) >= 11 is 0. The van der Waals surface area contributed by atoms with Crippen molar-refractivity contribution in [2.45, 2.75) is 19.3 Å². The van der Waals surface area contributed by atoms with Crippen LogP contribution in [0.5, 0.6) is 0 Å². The van der Waals surface area contributed by atoms with Crippen LogP contribution in [0.25, 0.3) is 110 Å². The van der Waals surface area contributed by atoms with E-state index in [1.807, 2.05) is 0 Å². The molecule has 0 atom stereocenters. The van der Waals surface area contributed by atoms with Gasteiger partial charge in [0.2, 0.25) is 0 Å². The summed E-state index contributed by atoms with van der Waals surface area (Å²) in [5.41, 5.74) is 14.6. The molecule has 0 amide bonds. The minimum Gasteiger partial charge on any atom is -0.455 e. The minimum atomic E-state index is -0.187. The third-order valence-electron chi connectivity index (χ3n) is 12.7. The molecule has 1 aromatic heterocycles. The van der Waals surface area contributed by atoms with Crippen molar-refractivity contribution in [1.29, 1.82) is 0 Å². The van der Waals surface area contributed by atoms with E-state index in [1.54, 1.807) is 0 Å². The molecule has 10 aromatic carbocycles. The summed E-state index contributed by atoms with van der Waals surface area (Å²) in [4.78, 5) is 0. The number of hydrogen-bond acceptors (Lipinski definition) is 1. The molecule has 0 spiro atoms. The summed E-state index contributed by atoms with van der Waals surface area (Å²) in [5.74, 6) is 0. The second-order valence-corrected chi connectivity index (χ2v) is 16.0. The summed E-state index contributed by atoms with van der Waals surface area (Å²) in [7, 11) is 0. The average Bonchev–Trinajstić information content (AvgIpc) is 3.73. The fourth-order valence-electron chi connectivity index (χ4n) is 9.93. The Balaban J connectivity index is 0.998. The van der Waals surface area contributed by atoms with Gasteiger partial charge in [-0.25, -0.2) is 0 Å². The van der Waals surface area contributed by atoms with Crippen molar-refractivity contribution in [2.24, 2.45) is 0 Å². The first kappa shape index (κ1) is 31.4. The van der Waals surface area contributed by atoms with Gasteiger partial charge in [-0.15, -0.1) is 0 Å². The average molecular weight is 713 g/mol. The molecule has 0 saturated carbocycles. The molecular formula is C55H36O. The molecule has 1 heterocycles. The SMILES string of the molecule is CC1(C)c2cc(-c3ccc4c(c3)oc3c5ccccc5ccc43)ccc2-c2ccc(-c3c4ccccc4c(-c4cccc5ccccc45)c4ccccc34)cc21. The van der Waals surface area contributed by atoms with Gasteiger partial charge in [0.05, 0.1) is 0 Å². The molecule has 12 rings (SSSR count). The lowest BCUT2D eigenvalue weighted by Gasteiger charge is -2.23. The highest BCUT2D eigenvalue weighted by Crippen LogP contribution is 2.52. The van der Waals surface area contributed by atoms with E-state index in [2.05, 4.69) is 196 Å². The molecule has 0 radical (unpaired) electrons. The number of rotatable bonds is 3. The van der Waals surface area contributed by atoms with Crippen LogP contribution in [0.15, 0.2) is 186 Å². The van der Waals surface area contributed by atoms with Crippen LogP contribution in [0.4, 0.5) is 0 Å². The van der Waals surface area contributed by atoms with Gasteiger partial charge in [-0.2, -0.15) is 0 Å². The quantitative estimate of drug-likeness (QED) is 0.166. The highest BCUT2D eigenvalue weighted by Gasteiger charge is 2.36. The van der Waals surface area contributed by atoms with Crippen LogP contribution in [0.2, 0.25) is 0 Å². The molecule has 1 heteroatoms. The Morgan fingerprint density at radius 2 is 0.839 bits per heavy atom. The molecule has 11 aromatic rings. The van der Waals surface area contributed by atoms with Gasteiger partial charge in [-0.1, -0.05) is 166 Å². The van der Waals surface area contributed by atoms with Crippen LogP contribution >= 0.6 is 0 Å². The number of hydrogen-bond donors (Lipinski definition) is 0. The standard InChI is InChI=1S/C55H36O/c1-55(2)49-30-35(36-24-28-42-48-29-22-34-13-4-6-16-39(34)54(48)56-51(42)32-36)23-26-40(49)41-27-25-37(31-50(41)55)52-44-17-7-9-19-46(44)53(47-20-10-8-18-45(47)52)43-21-11-14-33-12-3-5-15-38(33)43/h3-32H,1-2H3. The molecule has 0 bridgehead atoms. The zero-order chi connectivity index (χ0) is 37.1. The minimum absolute atomic E-state index is 0.187. The third-order valence-corrected chi connectivity index (χ3v) is 12.7. The summed E-state index contributed by atoms with van der Waals surface area (Å²) in [6, 6.07) is 67.2. The van der Waals surface area contributed by atoms with E-state index in [9.17, 15) is 0 Å². The molecule has 56 heavy (non-hydrogen) atoms. The van der Waals surface area contributed by atoms with E-state index in [4.69, 9.17) is 4.42 Å². The Morgan fingerprint density at radius 1 is 0.339 bits per heavy atom. The molecule has 0 fully saturated rings. The van der Waals surface area contributed by atoms with Crippen LogP contribution in [-0.4, -0.2) is 0 Å². The second-order valence-electron chi connectivity index (χ2n) is 16.0. The largest absolute Gasteiger partial charge is 0.455 e. The molecule has 1 aliphatic rings. The Labute approximate surface area is 325 Å².